The molecule has 0 saturated heterocycles. The quantitative estimate of drug-likeness (QED) is 0.343. The maximum absolute atomic E-state index is 12.0. The molecule has 58 valence electrons. The first kappa shape index (κ1) is 7.73. The SMILES string of the molecule is N#C/C(F)=C/OC(=O)C1CC1. The van der Waals surface area contributed by atoms with Gasteiger partial charge in [-0.1, -0.05) is 0 Å². The highest BCUT2D eigenvalue weighted by Gasteiger charge is 2.30. The summed E-state index contributed by atoms with van der Waals surface area (Å²) in [6.45, 7) is 0. The lowest BCUT2D eigenvalue weighted by molar-refractivity contribution is -0.139. The molecule has 0 aromatic heterocycles. The van der Waals surface area contributed by atoms with Crippen molar-refractivity contribution < 1.29 is 13.9 Å². The van der Waals surface area contributed by atoms with Crippen LogP contribution in [0.4, 0.5) is 4.39 Å². The van der Waals surface area contributed by atoms with Crippen molar-refractivity contribution >= 4 is 5.97 Å². The number of carbonyl (C=O) groups is 1. The van der Waals surface area contributed by atoms with E-state index >= 15 is 0 Å². The third kappa shape index (κ3) is 2.38. The Morgan fingerprint density at radius 2 is 2.36 bits per heavy atom. The fourth-order valence-corrected chi connectivity index (χ4v) is 0.551. The number of nitriles is 1. The van der Waals surface area contributed by atoms with Crippen molar-refractivity contribution in [3.63, 3.8) is 0 Å². The van der Waals surface area contributed by atoms with Crippen LogP contribution in [0.2, 0.25) is 0 Å². The summed E-state index contributed by atoms with van der Waals surface area (Å²) < 4.78 is 16.3. The molecule has 0 N–H and O–H groups in total. The first-order valence-electron chi connectivity index (χ1n) is 3.20. The minimum absolute atomic E-state index is 0.0715. The topological polar surface area (TPSA) is 50.1 Å². The molecule has 0 spiro atoms. The summed E-state index contributed by atoms with van der Waals surface area (Å²) in [5.41, 5.74) is 0. The van der Waals surface area contributed by atoms with Crippen LogP contribution in [-0.4, -0.2) is 5.97 Å². The third-order valence-corrected chi connectivity index (χ3v) is 1.30. The van der Waals surface area contributed by atoms with E-state index in [0.717, 1.165) is 12.8 Å². The number of nitrogens with zero attached hydrogens (tertiary/aromatic N) is 1. The van der Waals surface area contributed by atoms with Crippen molar-refractivity contribution in [3.8, 4) is 6.07 Å². The first-order chi connectivity index (χ1) is 5.24. The lowest BCUT2D eigenvalue weighted by Gasteiger charge is -1.92. The van der Waals surface area contributed by atoms with E-state index in [1.807, 2.05) is 0 Å². The Morgan fingerprint density at radius 3 is 2.82 bits per heavy atom. The largest absolute Gasteiger partial charge is 0.430 e. The van der Waals surface area contributed by atoms with Crippen LogP contribution in [0, 0.1) is 17.2 Å². The van der Waals surface area contributed by atoms with Crippen molar-refractivity contribution in [1.82, 2.24) is 0 Å². The van der Waals surface area contributed by atoms with Gasteiger partial charge in [0.05, 0.1) is 5.92 Å². The van der Waals surface area contributed by atoms with Gasteiger partial charge in [0.1, 0.15) is 12.3 Å². The number of esters is 1. The molecule has 0 amide bonds. The monoisotopic (exact) mass is 155 g/mol. The van der Waals surface area contributed by atoms with Crippen molar-refractivity contribution in [1.29, 1.82) is 5.26 Å². The van der Waals surface area contributed by atoms with Gasteiger partial charge < -0.3 is 4.74 Å². The normalized spacial score (nSPS) is 17.3. The Labute approximate surface area is 63.1 Å². The van der Waals surface area contributed by atoms with Crippen LogP contribution in [0.1, 0.15) is 12.8 Å². The second kappa shape index (κ2) is 3.15. The molecule has 0 aromatic carbocycles. The van der Waals surface area contributed by atoms with E-state index in [4.69, 9.17) is 5.26 Å². The van der Waals surface area contributed by atoms with Crippen LogP contribution >= 0.6 is 0 Å². The highest BCUT2D eigenvalue weighted by Crippen LogP contribution is 2.30. The molecule has 1 aliphatic carbocycles. The van der Waals surface area contributed by atoms with Gasteiger partial charge in [-0.15, -0.1) is 0 Å². The molecule has 1 fully saturated rings. The minimum atomic E-state index is -1.08. The molecule has 0 heterocycles. The van der Waals surface area contributed by atoms with Crippen LogP contribution in [0.15, 0.2) is 12.1 Å². The first-order valence-corrected chi connectivity index (χ1v) is 3.20. The highest BCUT2D eigenvalue weighted by molar-refractivity contribution is 5.75. The van der Waals surface area contributed by atoms with E-state index in [1.54, 1.807) is 0 Å². The Hall–Kier alpha value is -1.37. The van der Waals surface area contributed by atoms with Crippen LogP contribution < -0.4 is 0 Å². The summed E-state index contributed by atoms with van der Waals surface area (Å²) in [4.78, 5) is 10.7. The van der Waals surface area contributed by atoms with Gasteiger partial charge in [0.25, 0.3) is 0 Å². The van der Waals surface area contributed by atoms with Gasteiger partial charge in [0.2, 0.25) is 5.83 Å². The molecule has 11 heavy (non-hydrogen) atoms. The van der Waals surface area contributed by atoms with Gasteiger partial charge in [-0.2, -0.15) is 9.65 Å². The minimum Gasteiger partial charge on any atom is -0.430 e. The van der Waals surface area contributed by atoms with Crippen molar-refractivity contribution in [2.45, 2.75) is 12.8 Å². The molecule has 0 unspecified atom stereocenters. The van der Waals surface area contributed by atoms with E-state index in [9.17, 15) is 9.18 Å². The molecule has 0 aromatic rings. The summed E-state index contributed by atoms with van der Waals surface area (Å²) in [7, 11) is 0. The average Bonchev–Trinajstić information content (AvgIpc) is 2.81. The molecule has 0 aliphatic heterocycles. The maximum atomic E-state index is 12.0. The zero-order chi connectivity index (χ0) is 8.27. The van der Waals surface area contributed by atoms with Gasteiger partial charge in [-0.25, -0.2) is 0 Å². The highest BCUT2D eigenvalue weighted by atomic mass is 19.1. The molecule has 1 rings (SSSR count). The van der Waals surface area contributed by atoms with Crippen molar-refractivity contribution in [3.05, 3.63) is 12.1 Å². The van der Waals surface area contributed by atoms with Gasteiger partial charge in [0.15, 0.2) is 0 Å². The molecular weight excluding hydrogens is 149 g/mol. The van der Waals surface area contributed by atoms with E-state index in [-0.39, 0.29) is 5.92 Å². The van der Waals surface area contributed by atoms with E-state index in [0.29, 0.717) is 6.26 Å². The number of ether oxygens (including phenoxy) is 1. The molecule has 0 atom stereocenters. The Morgan fingerprint density at radius 1 is 1.73 bits per heavy atom. The second-order valence-electron chi connectivity index (χ2n) is 2.29. The molecular formula is C7H6FNO2. The summed E-state index contributed by atoms with van der Waals surface area (Å²) in [5.74, 6) is -1.60. The number of carbonyl (C=O) groups excluding carboxylic acids is 1. The molecule has 1 saturated carbocycles. The molecule has 0 bridgehead atoms. The van der Waals surface area contributed by atoms with Crippen molar-refractivity contribution in [2.24, 2.45) is 5.92 Å². The Bertz CT molecular complexity index is 237. The number of halogens is 1. The second-order valence-corrected chi connectivity index (χ2v) is 2.29. The zero-order valence-electron chi connectivity index (χ0n) is 5.71. The third-order valence-electron chi connectivity index (χ3n) is 1.30. The number of allylic oxidation sites excluding steroid dienone is 1. The summed E-state index contributed by atoms with van der Waals surface area (Å²) in [6, 6.07) is 1.20. The predicted molar refractivity (Wildman–Crippen MR) is 33.6 cm³/mol. The summed E-state index contributed by atoms with van der Waals surface area (Å²) in [5, 5.41) is 7.92. The molecule has 0 radical (unpaired) electrons. The summed E-state index contributed by atoms with van der Waals surface area (Å²) >= 11 is 0. The fraction of sp³-hybridized carbons (Fsp3) is 0.429. The predicted octanol–water partition coefficient (Wildman–Crippen LogP) is 1.27. The lowest BCUT2D eigenvalue weighted by atomic mass is 10.4. The van der Waals surface area contributed by atoms with Gasteiger partial charge in [-0.05, 0) is 12.8 Å². The molecule has 1 aliphatic rings. The number of hydrogen-bond donors (Lipinski definition) is 0. The van der Waals surface area contributed by atoms with Crippen LogP contribution in [0.3, 0.4) is 0 Å². The van der Waals surface area contributed by atoms with Crippen molar-refractivity contribution in [2.75, 3.05) is 0 Å². The number of hydrogen-bond acceptors (Lipinski definition) is 3. The average molecular weight is 155 g/mol. The zero-order valence-corrected chi connectivity index (χ0v) is 5.71. The van der Waals surface area contributed by atoms with E-state index < -0.39 is 11.8 Å². The maximum Gasteiger partial charge on any atom is 0.313 e. The van der Waals surface area contributed by atoms with Crippen LogP contribution in [0.5, 0.6) is 0 Å². The Kier molecular flexibility index (Phi) is 2.21. The standard InChI is InChI=1S/C7H6FNO2/c8-6(3-9)4-11-7(10)5-1-2-5/h4-5H,1-2H2/b6-4-. The van der Waals surface area contributed by atoms with Gasteiger partial charge in [-0.3, -0.25) is 4.79 Å². The Balaban J connectivity index is 2.31. The van der Waals surface area contributed by atoms with Crippen LogP contribution in [0.25, 0.3) is 0 Å². The fourth-order valence-electron chi connectivity index (χ4n) is 0.551. The molecule has 4 heteroatoms. The van der Waals surface area contributed by atoms with Gasteiger partial charge in [0, 0.05) is 0 Å². The van der Waals surface area contributed by atoms with E-state index in [2.05, 4.69) is 4.74 Å². The lowest BCUT2D eigenvalue weighted by Crippen LogP contribution is -2.01. The van der Waals surface area contributed by atoms with Gasteiger partial charge >= 0.3 is 5.97 Å². The smallest absolute Gasteiger partial charge is 0.313 e. The number of rotatable bonds is 2. The van der Waals surface area contributed by atoms with E-state index in [1.165, 1.54) is 6.07 Å². The molecule has 3 nitrogen and oxygen atoms in total. The van der Waals surface area contributed by atoms with Crippen LogP contribution in [-0.2, 0) is 9.53 Å². The summed E-state index contributed by atoms with van der Waals surface area (Å²) in [6.07, 6.45) is 2.16.